The molecular weight excluding hydrogens is 428 g/mol. The number of aliphatic hydroxyl groups excluding tert-OH is 1. The third kappa shape index (κ3) is 3.74. The molecule has 1 aliphatic heterocycles. The first-order valence-electron chi connectivity index (χ1n) is 9.70. The Balaban J connectivity index is 2.19. The van der Waals surface area contributed by atoms with Crippen molar-refractivity contribution in [1.82, 2.24) is 0 Å². The number of rotatable bonds is 4. The number of carbonyl (C=O) groups excluding carboxylic acids is 4. The Morgan fingerprint density at radius 3 is 2.52 bits per heavy atom. The third-order valence-corrected chi connectivity index (χ3v) is 6.42. The molecule has 5 atom stereocenters. The molecule has 0 radical (unpaired) electrons. The van der Waals surface area contributed by atoms with Crippen molar-refractivity contribution in [2.24, 2.45) is 11.8 Å². The van der Waals surface area contributed by atoms with Crippen LogP contribution in [0.1, 0.15) is 27.7 Å². The van der Waals surface area contributed by atoms with Crippen LogP contribution in [0.15, 0.2) is 45.6 Å². The topological polar surface area (TPSA) is 116 Å². The van der Waals surface area contributed by atoms with E-state index in [4.69, 9.17) is 25.8 Å². The summed E-state index contributed by atoms with van der Waals surface area (Å²) < 4.78 is 16.2. The van der Waals surface area contributed by atoms with E-state index in [9.17, 15) is 24.3 Å². The summed E-state index contributed by atoms with van der Waals surface area (Å²) >= 11 is 6.21. The van der Waals surface area contributed by atoms with E-state index < -0.39 is 60.4 Å². The van der Waals surface area contributed by atoms with Crippen molar-refractivity contribution in [2.45, 2.75) is 46.0 Å². The van der Waals surface area contributed by atoms with E-state index in [2.05, 4.69) is 6.58 Å². The molecule has 0 aromatic carbocycles. The summed E-state index contributed by atoms with van der Waals surface area (Å²) in [5, 5.41) is 11.2. The lowest BCUT2D eigenvalue weighted by Gasteiger charge is -2.30. The molecule has 9 heteroatoms. The maximum Gasteiger partial charge on any atom is 0.334 e. The minimum absolute atomic E-state index is 0.0105. The number of Topliss-reactive ketones (excluding diaryl/α,β-unsaturated/α-hetero) is 1. The first-order valence-corrected chi connectivity index (χ1v) is 10.1. The maximum absolute atomic E-state index is 13.0. The molecule has 1 heterocycles. The van der Waals surface area contributed by atoms with Gasteiger partial charge in [-0.05, 0) is 26.3 Å². The van der Waals surface area contributed by atoms with Gasteiger partial charge in [-0.25, -0.2) is 9.59 Å². The second-order valence-electron chi connectivity index (χ2n) is 7.73. The highest BCUT2D eigenvalue weighted by molar-refractivity contribution is 6.47. The fourth-order valence-corrected chi connectivity index (χ4v) is 4.40. The molecular formula is C22H23ClO8. The average Bonchev–Trinajstić information content (AvgIpc) is 3.09. The summed E-state index contributed by atoms with van der Waals surface area (Å²) in [6.45, 7) is 9.35. The van der Waals surface area contributed by atoms with E-state index >= 15 is 0 Å². The quantitative estimate of drug-likeness (QED) is 0.392. The molecule has 1 fully saturated rings. The van der Waals surface area contributed by atoms with Crippen molar-refractivity contribution in [3.05, 3.63) is 45.6 Å². The Morgan fingerprint density at radius 1 is 1.29 bits per heavy atom. The van der Waals surface area contributed by atoms with E-state index in [-0.39, 0.29) is 27.3 Å². The predicted octanol–water partition coefficient (Wildman–Crippen LogP) is 1.91. The molecule has 0 saturated carbocycles. The van der Waals surface area contributed by atoms with Crippen LogP contribution < -0.4 is 0 Å². The highest BCUT2D eigenvalue weighted by atomic mass is 35.5. The molecule has 0 aromatic rings. The number of aliphatic hydroxyl groups is 1. The van der Waals surface area contributed by atoms with Crippen molar-refractivity contribution in [3.8, 4) is 0 Å². The third-order valence-electron chi connectivity index (χ3n) is 5.96. The lowest BCUT2D eigenvalue weighted by molar-refractivity contribution is -0.155. The lowest BCUT2D eigenvalue weighted by Crippen LogP contribution is -2.43. The van der Waals surface area contributed by atoms with Crippen LogP contribution >= 0.6 is 11.6 Å². The van der Waals surface area contributed by atoms with Crippen LogP contribution in [0.4, 0.5) is 0 Å². The Kier molecular flexibility index (Phi) is 6.25. The largest absolute Gasteiger partial charge is 0.461 e. The minimum atomic E-state index is -1.56. The van der Waals surface area contributed by atoms with Gasteiger partial charge >= 0.3 is 17.9 Å². The standard InChI is InChI=1S/C22H23ClO8/c1-6-8(2)21(27)31-20-14-10(4)22(28)30-19(14)13-9(3)16(23)18(26)15(13)12(17(20)25)7-29-11(5)24/h6,13-14,17,19-20,25H,4,7H2,1-3,5H3. The molecule has 2 aliphatic carbocycles. The summed E-state index contributed by atoms with van der Waals surface area (Å²) in [7, 11) is 0. The number of hydrogen-bond donors (Lipinski definition) is 1. The van der Waals surface area contributed by atoms with Gasteiger partial charge in [0, 0.05) is 35.1 Å². The molecule has 1 saturated heterocycles. The van der Waals surface area contributed by atoms with Gasteiger partial charge in [-0.15, -0.1) is 0 Å². The van der Waals surface area contributed by atoms with Crippen LogP contribution in [0.3, 0.4) is 0 Å². The molecule has 31 heavy (non-hydrogen) atoms. The molecule has 1 N–H and O–H groups in total. The van der Waals surface area contributed by atoms with Gasteiger partial charge in [0.25, 0.3) is 0 Å². The number of allylic oxidation sites excluding steroid dienone is 2. The zero-order valence-corrected chi connectivity index (χ0v) is 18.3. The number of hydrogen-bond acceptors (Lipinski definition) is 8. The number of esters is 3. The van der Waals surface area contributed by atoms with Gasteiger partial charge in [0.05, 0.1) is 11.0 Å². The van der Waals surface area contributed by atoms with Crippen molar-refractivity contribution in [2.75, 3.05) is 6.61 Å². The van der Waals surface area contributed by atoms with Crippen LogP contribution in [-0.2, 0) is 33.4 Å². The second-order valence-corrected chi connectivity index (χ2v) is 8.11. The lowest BCUT2D eigenvalue weighted by atomic mass is 9.82. The number of carbonyl (C=O) groups is 4. The summed E-state index contributed by atoms with van der Waals surface area (Å²) in [6.07, 6.45) is -2.29. The summed E-state index contributed by atoms with van der Waals surface area (Å²) in [5.74, 6) is -4.34. The van der Waals surface area contributed by atoms with Crippen LogP contribution in [0.5, 0.6) is 0 Å². The minimum Gasteiger partial charge on any atom is -0.461 e. The first kappa shape index (κ1) is 23.0. The molecule has 0 aromatic heterocycles. The van der Waals surface area contributed by atoms with Crippen molar-refractivity contribution in [1.29, 1.82) is 0 Å². The van der Waals surface area contributed by atoms with Gasteiger partial charge in [0.2, 0.25) is 5.78 Å². The van der Waals surface area contributed by atoms with Crippen LogP contribution in [0, 0.1) is 11.8 Å². The van der Waals surface area contributed by atoms with Gasteiger partial charge in [-0.1, -0.05) is 24.3 Å². The van der Waals surface area contributed by atoms with Crippen LogP contribution in [0.25, 0.3) is 0 Å². The van der Waals surface area contributed by atoms with Crippen molar-refractivity contribution < 1.29 is 38.5 Å². The molecule has 5 unspecified atom stereocenters. The van der Waals surface area contributed by atoms with Gasteiger partial charge in [0.15, 0.2) is 0 Å². The van der Waals surface area contributed by atoms with E-state index in [1.54, 1.807) is 13.8 Å². The Bertz CT molecular complexity index is 985. The van der Waals surface area contributed by atoms with Gasteiger partial charge in [-0.3, -0.25) is 9.59 Å². The van der Waals surface area contributed by atoms with E-state index in [0.717, 1.165) is 0 Å². The van der Waals surface area contributed by atoms with Gasteiger partial charge < -0.3 is 19.3 Å². The van der Waals surface area contributed by atoms with Crippen molar-refractivity contribution >= 4 is 35.3 Å². The van der Waals surface area contributed by atoms with E-state index in [1.165, 1.54) is 19.9 Å². The van der Waals surface area contributed by atoms with Crippen molar-refractivity contribution in [3.63, 3.8) is 0 Å². The predicted molar refractivity (Wildman–Crippen MR) is 109 cm³/mol. The normalized spacial score (nSPS) is 30.7. The number of ketones is 1. The molecule has 0 bridgehead atoms. The second kappa shape index (κ2) is 8.43. The molecule has 166 valence electrons. The van der Waals surface area contributed by atoms with E-state index in [1.807, 2.05) is 0 Å². The number of ether oxygens (including phenoxy) is 3. The van der Waals surface area contributed by atoms with Crippen LogP contribution in [-0.4, -0.2) is 53.7 Å². The maximum atomic E-state index is 13.0. The number of fused-ring (bicyclic) bond motifs is 3. The monoisotopic (exact) mass is 450 g/mol. The zero-order valence-electron chi connectivity index (χ0n) is 17.6. The SMILES string of the molecule is C=C1C(=O)OC2C3C(C)=C(Cl)C(=O)C3=C(COC(C)=O)C(O)C(OC(=O)C(C)=CC)C12. The zero-order chi connectivity index (χ0) is 23.2. The molecule has 0 amide bonds. The van der Waals surface area contributed by atoms with Crippen LogP contribution in [0.2, 0.25) is 0 Å². The molecule has 3 rings (SSSR count). The van der Waals surface area contributed by atoms with Gasteiger partial charge in [0.1, 0.15) is 24.9 Å². The number of halogens is 1. The smallest absolute Gasteiger partial charge is 0.334 e. The Labute approximate surface area is 184 Å². The highest BCUT2D eigenvalue weighted by Gasteiger charge is 2.58. The Hall–Kier alpha value is -2.71. The summed E-state index contributed by atoms with van der Waals surface area (Å²) in [6, 6.07) is 0. The molecule has 8 nitrogen and oxygen atoms in total. The molecule has 0 spiro atoms. The first-order chi connectivity index (χ1) is 14.5. The fourth-order valence-electron chi connectivity index (χ4n) is 4.18. The molecule has 3 aliphatic rings. The fraction of sp³-hybridized carbons (Fsp3) is 0.455. The summed E-state index contributed by atoms with van der Waals surface area (Å²) in [5.41, 5.74) is 0.873. The Morgan fingerprint density at radius 2 is 1.94 bits per heavy atom. The highest BCUT2D eigenvalue weighted by Crippen LogP contribution is 2.50. The summed E-state index contributed by atoms with van der Waals surface area (Å²) in [4.78, 5) is 49.3. The average molecular weight is 451 g/mol. The van der Waals surface area contributed by atoms with E-state index in [0.29, 0.717) is 5.57 Å². The van der Waals surface area contributed by atoms with Gasteiger partial charge in [-0.2, -0.15) is 0 Å².